The molecule has 0 radical (unpaired) electrons. The van der Waals surface area contributed by atoms with Gasteiger partial charge in [0.25, 0.3) is 0 Å². The predicted octanol–water partition coefficient (Wildman–Crippen LogP) is 8.42. The van der Waals surface area contributed by atoms with Crippen LogP contribution >= 0.6 is 0 Å². The number of rotatable bonds is 14. The van der Waals surface area contributed by atoms with Crippen molar-refractivity contribution in [3.05, 3.63) is 59.7 Å². The molecule has 0 amide bonds. The van der Waals surface area contributed by atoms with E-state index in [1.54, 1.807) is 6.92 Å². The average molecular weight is 567 g/mol. The van der Waals surface area contributed by atoms with Crippen molar-refractivity contribution in [2.45, 2.75) is 122 Å². The van der Waals surface area contributed by atoms with Crippen LogP contribution in [-0.2, 0) is 19.1 Å². The van der Waals surface area contributed by atoms with Crippen LogP contribution in [0.5, 0.6) is 0 Å². The van der Waals surface area contributed by atoms with Gasteiger partial charge in [-0.25, -0.2) is 9.59 Å². The number of unbranched alkanes of at least 4 members (excludes halogenated alkanes) is 2. The summed E-state index contributed by atoms with van der Waals surface area (Å²) >= 11 is 0. The van der Waals surface area contributed by atoms with Gasteiger partial charge >= 0.3 is 11.9 Å². The third kappa shape index (κ3) is 10.1. The molecule has 0 bridgehead atoms. The van der Waals surface area contributed by atoms with Crippen molar-refractivity contribution in [2.24, 2.45) is 17.8 Å². The van der Waals surface area contributed by atoms with Crippen LogP contribution < -0.4 is 0 Å². The minimum absolute atomic E-state index is 0.0128. The van der Waals surface area contributed by atoms with Gasteiger partial charge in [-0.1, -0.05) is 82.9 Å². The summed E-state index contributed by atoms with van der Waals surface area (Å²) in [6.07, 6.45) is 16.5. The van der Waals surface area contributed by atoms with Gasteiger partial charge in [0, 0.05) is 5.57 Å². The molecule has 2 aliphatic rings. The monoisotopic (exact) mass is 566 g/mol. The van der Waals surface area contributed by atoms with Crippen LogP contribution in [0.1, 0.15) is 128 Å². The van der Waals surface area contributed by atoms with Crippen molar-refractivity contribution >= 4 is 11.9 Å². The van der Waals surface area contributed by atoms with Gasteiger partial charge in [-0.2, -0.15) is 0 Å². The Morgan fingerprint density at radius 2 is 1.41 bits per heavy atom. The summed E-state index contributed by atoms with van der Waals surface area (Å²) in [6, 6.07) is 8.51. The summed E-state index contributed by atoms with van der Waals surface area (Å²) < 4.78 is 10.9. The number of hydrogen-bond acceptors (Lipinski definition) is 5. The van der Waals surface area contributed by atoms with Crippen LogP contribution in [0.2, 0.25) is 0 Å². The lowest BCUT2D eigenvalue weighted by atomic mass is 9.68. The Morgan fingerprint density at radius 3 is 1.93 bits per heavy atom. The molecule has 3 rings (SSSR count). The summed E-state index contributed by atoms with van der Waals surface area (Å²) in [6.45, 7) is 14.3. The van der Waals surface area contributed by atoms with Gasteiger partial charge in [0.15, 0.2) is 0 Å². The van der Waals surface area contributed by atoms with Crippen molar-refractivity contribution in [1.82, 2.24) is 0 Å². The van der Waals surface area contributed by atoms with Gasteiger partial charge in [-0.3, -0.25) is 0 Å². The van der Waals surface area contributed by atoms with Crippen LogP contribution in [0, 0.1) is 17.8 Å². The Kier molecular flexibility index (Phi) is 12.7. The second-order valence-electron chi connectivity index (χ2n) is 13.3. The standard InChI is InChI=1S/C36H54O5/c1-7-8-9-10-27-11-13-28(14-12-27)29-15-17-30(18-16-29)31-19-21-32(22-20-31)33(23-40-34(37)25(2)3)24-41-35(38)26(4)36(5,6)39/h19-22,27-30,33,39H,2,4,7-18,23-24H2,1,3,5-6H3. The third-order valence-corrected chi connectivity index (χ3v) is 9.59. The summed E-state index contributed by atoms with van der Waals surface area (Å²) in [5.41, 5.74) is 1.24. The second-order valence-corrected chi connectivity index (χ2v) is 13.3. The highest BCUT2D eigenvalue weighted by atomic mass is 16.5. The summed E-state index contributed by atoms with van der Waals surface area (Å²) in [7, 11) is 0. The maximum absolute atomic E-state index is 12.4. The molecule has 0 aromatic heterocycles. The Hall–Kier alpha value is -2.40. The molecule has 0 aliphatic heterocycles. The lowest BCUT2D eigenvalue weighted by Gasteiger charge is -2.38. The average Bonchev–Trinajstić information content (AvgIpc) is 2.96. The van der Waals surface area contributed by atoms with E-state index in [9.17, 15) is 14.7 Å². The maximum atomic E-state index is 12.4. The highest BCUT2D eigenvalue weighted by Gasteiger charge is 2.31. The molecule has 0 saturated heterocycles. The normalized spacial score (nSPS) is 23.8. The molecule has 41 heavy (non-hydrogen) atoms. The minimum atomic E-state index is -1.37. The zero-order valence-electron chi connectivity index (χ0n) is 26.1. The number of benzene rings is 1. The molecular weight excluding hydrogens is 512 g/mol. The summed E-state index contributed by atoms with van der Waals surface area (Å²) in [5.74, 6) is 1.91. The zero-order valence-corrected chi connectivity index (χ0v) is 26.1. The van der Waals surface area contributed by atoms with Crippen LogP contribution in [0.15, 0.2) is 48.6 Å². The molecule has 1 unspecified atom stereocenters. The van der Waals surface area contributed by atoms with Gasteiger partial charge in [0.1, 0.15) is 13.2 Å². The number of hydrogen-bond donors (Lipinski definition) is 1. The molecule has 5 nitrogen and oxygen atoms in total. The highest BCUT2D eigenvalue weighted by Crippen LogP contribution is 2.44. The lowest BCUT2D eigenvalue weighted by Crippen LogP contribution is -2.29. The molecule has 5 heteroatoms. The molecule has 1 aromatic carbocycles. The van der Waals surface area contributed by atoms with Crippen LogP contribution in [0.25, 0.3) is 0 Å². The molecule has 0 spiro atoms. The van der Waals surface area contributed by atoms with E-state index < -0.39 is 17.5 Å². The molecule has 2 fully saturated rings. The first-order valence-corrected chi connectivity index (χ1v) is 16.0. The van der Waals surface area contributed by atoms with E-state index in [0.717, 1.165) is 23.3 Å². The largest absolute Gasteiger partial charge is 0.462 e. The molecule has 1 N–H and O–H groups in total. The summed E-state index contributed by atoms with van der Waals surface area (Å²) in [4.78, 5) is 24.5. The fraction of sp³-hybridized carbons (Fsp3) is 0.667. The summed E-state index contributed by atoms with van der Waals surface area (Å²) in [5, 5.41) is 10.1. The SMILES string of the molecule is C=C(C)C(=O)OCC(COC(=O)C(=C)C(C)(C)O)c1ccc(C2CCC(C3CCC(CCCCC)CC3)CC2)cc1. The Bertz CT molecular complexity index is 1000. The van der Waals surface area contributed by atoms with E-state index in [1.807, 2.05) is 0 Å². The van der Waals surface area contributed by atoms with E-state index in [4.69, 9.17) is 9.47 Å². The smallest absolute Gasteiger partial charge is 0.336 e. The van der Waals surface area contributed by atoms with Crippen molar-refractivity contribution < 1.29 is 24.2 Å². The first-order valence-electron chi connectivity index (χ1n) is 16.0. The minimum Gasteiger partial charge on any atom is -0.462 e. The molecule has 2 saturated carbocycles. The van der Waals surface area contributed by atoms with Crippen molar-refractivity contribution in [1.29, 1.82) is 0 Å². The van der Waals surface area contributed by atoms with Gasteiger partial charge in [-0.05, 0) is 94.1 Å². The molecule has 1 aromatic rings. The van der Waals surface area contributed by atoms with E-state index in [2.05, 4.69) is 44.3 Å². The van der Waals surface area contributed by atoms with Gasteiger partial charge in [0.2, 0.25) is 0 Å². The number of carbonyl (C=O) groups excluding carboxylic acids is 2. The van der Waals surface area contributed by atoms with Crippen LogP contribution in [-0.4, -0.2) is 35.9 Å². The Labute approximate surface area is 248 Å². The first-order chi connectivity index (χ1) is 19.5. The quantitative estimate of drug-likeness (QED) is 0.139. The predicted molar refractivity (Wildman–Crippen MR) is 166 cm³/mol. The van der Waals surface area contributed by atoms with Crippen molar-refractivity contribution in [3.63, 3.8) is 0 Å². The van der Waals surface area contributed by atoms with Crippen molar-refractivity contribution in [2.75, 3.05) is 13.2 Å². The zero-order chi connectivity index (χ0) is 30.0. The Balaban J connectivity index is 1.54. The topological polar surface area (TPSA) is 72.8 Å². The maximum Gasteiger partial charge on any atom is 0.336 e. The second kappa shape index (κ2) is 15.7. The van der Waals surface area contributed by atoms with E-state index in [1.165, 1.54) is 96.5 Å². The molecule has 1 atom stereocenters. The number of carbonyl (C=O) groups is 2. The highest BCUT2D eigenvalue weighted by molar-refractivity contribution is 5.89. The number of aliphatic hydroxyl groups is 1. The van der Waals surface area contributed by atoms with Gasteiger partial charge in [0.05, 0.1) is 17.1 Å². The van der Waals surface area contributed by atoms with Gasteiger partial charge in [-0.15, -0.1) is 0 Å². The molecule has 228 valence electrons. The van der Waals surface area contributed by atoms with Crippen molar-refractivity contribution in [3.8, 4) is 0 Å². The number of esters is 2. The fourth-order valence-electron chi connectivity index (χ4n) is 6.65. The van der Waals surface area contributed by atoms with E-state index in [-0.39, 0.29) is 24.7 Å². The van der Waals surface area contributed by atoms with E-state index in [0.29, 0.717) is 11.5 Å². The lowest BCUT2D eigenvalue weighted by molar-refractivity contribution is -0.143. The van der Waals surface area contributed by atoms with Crippen LogP contribution in [0.4, 0.5) is 0 Å². The van der Waals surface area contributed by atoms with Crippen LogP contribution in [0.3, 0.4) is 0 Å². The van der Waals surface area contributed by atoms with Gasteiger partial charge < -0.3 is 14.6 Å². The molecule has 0 heterocycles. The Morgan fingerprint density at radius 1 is 0.878 bits per heavy atom. The first kappa shape index (κ1) is 33.1. The fourth-order valence-corrected chi connectivity index (χ4v) is 6.65. The molecule has 2 aliphatic carbocycles. The number of ether oxygens (including phenoxy) is 2. The third-order valence-electron chi connectivity index (χ3n) is 9.59. The van der Waals surface area contributed by atoms with E-state index >= 15 is 0 Å². The molecular formula is C36H54O5.